The average molecular weight is 352 g/mol. The molecule has 3 heterocycles. The van der Waals surface area contributed by atoms with E-state index in [1.165, 1.54) is 23.8 Å². The lowest BCUT2D eigenvalue weighted by Crippen LogP contribution is -2.45. The summed E-state index contributed by atoms with van der Waals surface area (Å²) in [6, 6.07) is 10.6. The highest BCUT2D eigenvalue weighted by Crippen LogP contribution is 2.22. The summed E-state index contributed by atoms with van der Waals surface area (Å²) in [6.07, 6.45) is 6.34. The van der Waals surface area contributed by atoms with Gasteiger partial charge in [0.05, 0.1) is 11.6 Å². The van der Waals surface area contributed by atoms with Crippen molar-refractivity contribution in [2.45, 2.75) is 38.3 Å². The van der Waals surface area contributed by atoms with Crippen molar-refractivity contribution in [3.63, 3.8) is 0 Å². The molecular weight excluding hydrogens is 324 g/mol. The topological polar surface area (TPSA) is 57.3 Å². The van der Waals surface area contributed by atoms with E-state index in [0.717, 1.165) is 51.1 Å². The molecule has 2 atom stereocenters. The lowest BCUT2D eigenvalue weighted by Gasteiger charge is -2.33. The first-order chi connectivity index (χ1) is 12.8. The third-order valence-electron chi connectivity index (χ3n) is 5.66. The van der Waals surface area contributed by atoms with Gasteiger partial charge in [-0.3, -0.25) is 14.7 Å². The highest BCUT2D eigenvalue weighted by molar-refractivity contribution is 5.82. The summed E-state index contributed by atoms with van der Waals surface area (Å²) in [5.41, 5.74) is 2.40. The first-order valence-electron chi connectivity index (χ1n) is 9.85. The van der Waals surface area contributed by atoms with Crippen LogP contribution in [0.3, 0.4) is 0 Å². The van der Waals surface area contributed by atoms with Crippen LogP contribution in [0.4, 0.5) is 0 Å². The van der Waals surface area contributed by atoms with Crippen LogP contribution in [-0.2, 0) is 11.3 Å². The Morgan fingerprint density at radius 3 is 3.04 bits per heavy atom. The van der Waals surface area contributed by atoms with Gasteiger partial charge in [-0.2, -0.15) is 0 Å². The van der Waals surface area contributed by atoms with Gasteiger partial charge in [0, 0.05) is 31.2 Å². The monoisotopic (exact) mass is 352 g/mol. The summed E-state index contributed by atoms with van der Waals surface area (Å²) in [6.45, 7) is 4.86. The Balaban J connectivity index is 1.34. The molecule has 0 spiro atoms. The second kappa shape index (κ2) is 8.14. The largest absolute Gasteiger partial charge is 0.354 e. The van der Waals surface area contributed by atoms with E-state index in [1.54, 1.807) is 0 Å². The van der Waals surface area contributed by atoms with E-state index in [-0.39, 0.29) is 11.9 Å². The molecule has 0 saturated carbocycles. The van der Waals surface area contributed by atoms with Gasteiger partial charge >= 0.3 is 0 Å². The Kier molecular flexibility index (Phi) is 5.46. The second-order valence-electron chi connectivity index (χ2n) is 7.63. The fourth-order valence-corrected chi connectivity index (χ4v) is 4.27. The van der Waals surface area contributed by atoms with Crippen molar-refractivity contribution < 1.29 is 4.79 Å². The summed E-state index contributed by atoms with van der Waals surface area (Å²) in [4.78, 5) is 19.3. The first kappa shape index (κ1) is 17.4. The lowest BCUT2D eigenvalue weighted by atomic mass is 9.97. The Morgan fingerprint density at radius 1 is 1.23 bits per heavy atom. The van der Waals surface area contributed by atoms with Crippen LogP contribution in [-0.4, -0.2) is 48.0 Å². The molecule has 5 heteroatoms. The predicted octanol–water partition coefficient (Wildman–Crippen LogP) is 2.31. The zero-order valence-corrected chi connectivity index (χ0v) is 15.3. The third-order valence-corrected chi connectivity index (χ3v) is 5.66. The molecule has 1 aromatic heterocycles. The maximum Gasteiger partial charge on any atom is 0.237 e. The predicted molar refractivity (Wildman–Crippen MR) is 104 cm³/mol. The van der Waals surface area contributed by atoms with E-state index in [9.17, 15) is 4.79 Å². The van der Waals surface area contributed by atoms with Gasteiger partial charge in [-0.15, -0.1) is 0 Å². The summed E-state index contributed by atoms with van der Waals surface area (Å²) in [5, 5.41) is 7.64. The molecule has 2 aliphatic heterocycles. The standard InChI is InChI=1S/C21H28N4O/c26-21(19-9-3-10-22-19)24-13-16-5-4-12-25(14-16)15-18-7-1-6-17-8-2-11-23-20(17)18/h1-2,6-8,11,16,19,22H,3-5,9-10,12-15H2,(H,24,26). The summed E-state index contributed by atoms with van der Waals surface area (Å²) >= 11 is 0. The van der Waals surface area contributed by atoms with Crippen molar-refractivity contribution in [2.24, 2.45) is 5.92 Å². The maximum absolute atomic E-state index is 12.2. The number of nitrogens with one attached hydrogen (secondary N) is 2. The van der Waals surface area contributed by atoms with Gasteiger partial charge in [-0.05, 0) is 56.3 Å². The first-order valence-corrected chi connectivity index (χ1v) is 9.85. The SMILES string of the molecule is O=C(NCC1CCCN(Cc2cccc3cccnc23)C1)C1CCCN1. The summed E-state index contributed by atoms with van der Waals surface area (Å²) in [7, 11) is 0. The molecule has 4 rings (SSSR count). The van der Waals surface area contributed by atoms with Gasteiger partial charge in [0.1, 0.15) is 0 Å². The van der Waals surface area contributed by atoms with Crippen LogP contribution in [0, 0.1) is 5.92 Å². The van der Waals surface area contributed by atoms with Gasteiger partial charge < -0.3 is 10.6 Å². The molecule has 2 unspecified atom stereocenters. The molecule has 0 aliphatic carbocycles. The molecule has 2 aromatic rings. The smallest absolute Gasteiger partial charge is 0.237 e. The van der Waals surface area contributed by atoms with Crippen molar-refractivity contribution >= 4 is 16.8 Å². The number of hydrogen-bond acceptors (Lipinski definition) is 4. The van der Waals surface area contributed by atoms with Crippen molar-refractivity contribution in [2.75, 3.05) is 26.2 Å². The number of nitrogens with zero attached hydrogens (tertiary/aromatic N) is 2. The lowest BCUT2D eigenvalue weighted by molar-refractivity contribution is -0.123. The highest BCUT2D eigenvalue weighted by Gasteiger charge is 2.24. The van der Waals surface area contributed by atoms with Gasteiger partial charge in [-0.1, -0.05) is 24.3 Å². The molecule has 2 N–H and O–H groups in total. The number of aromatic nitrogens is 1. The molecule has 1 amide bonds. The number of para-hydroxylation sites is 1. The molecule has 0 bridgehead atoms. The second-order valence-corrected chi connectivity index (χ2v) is 7.63. The quantitative estimate of drug-likeness (QED) is 0.867. The number of amides is 1. The van der Waals surface area contributed by atoms with E-state index in [2.05, 4.69) is 44.8 Å². The van der Waals surface area contributed by atoms with Crippen molar-refractivity contribution in [3.8, 4) is 0 Å². The minimum Gasteiger partial charge on any atom is -0.354 e. The highest BCUT2D eigenvalue weighted by atomic mass is 16.2. The Morgan fingerprint density at radius 2 is 2.15 bits per heavy atom. The molecule has 2 saturated heterocycles. The Labute approximate surface area is 155 Å². The number of carbonyl (C=O) groups is 1. The van der Waals surface area contributed by atoms with Crippen LogP contribution in [0.2, 0.25) is 0 Å². The zero-order valence-electron chi connectivity index (χ0n) is 15.3. The Hall–Kier alpha value is -1.98. The number of hydrogen-bond donors (Lipinski definition) is 2. The van der Waals surface area contributed by atoms with E-state index >= 15 is 0 Å². The normalized spacial score (nSPS) is 24.0. The fraction of sp³-hybridized carbons (Fsp3) is 0.524. The van der Waals surface area contributed by atoms with Crippen LogP contribution in [0.25, 0.3) is 10.9 Å². The number of fused-ring (bicyclic) bond motifs is 1. The zero-order chi connectivity index (χ0) is 17.8. The molecule has 138 valence electrons. The van der Waals surface area contributed by atoms with Gasteiger partial charge in [0.15, 0.2) is 0 Å². The number of benzene rings is 1. The van der Waals surface area contributed by atoms with Crippen LogP contribution < -0.4 is 10.6 Å². The summed E-state index contributed by atoms with van der Waals surface area (Å²) < 4.78 is 0. The van der Waals surface area contributed by atoms with Crippen LogP contribution >= 0.6 is 0 Å². The number of rotatable bonds is 5. The molecule has 0 radical (unpaired) electrons. The van der Waals surface area contributed by atoms with E-state index in [4.69, 9.17) is 0 Å². The molecule has 1 aromatic carbocycles. The van der Waals surface area contributed by atoms with Crippen molar-refractivity contribution in [1.29, 1.82) is 0 Å². The fourth-order valence-electron chi connectivity index (χ4n) is 4.27. The van der Waals surface area contributed by atoms with Crippen LogP contribution in [0.15, 0.2) is 36.5 Å². The molecule has 2 aliphatic rings. The van der Waals surface area contributed by atoms with E-state index in [0.29, 0.717) is 5.92 Å². The maximum atomic E-state index is 12.2. The van der Waals surface area contributed by atoms with Crippen LogP contribution in [0.5, 0.6) is 0 Å². The minimum absolute atomic E-state index is 0.0245. The minimum atomic E-state index is 0.0245. The molecule has 26 heavy (non-hydrogen) atoms. The van der Waals surface area contributed by atoms with Crippen molar-refractivity contribution in [1.82, 2.24) is 20.5 Å². The van der Waals surface area contributed by atoms with Gasteiger partial charge in [-0.25, -0.2) is 0 Å². The van der Waals surface area contributed by atoms with E-state index in [1.807, 2.05) is 12.3 Å². The summed E-state index contributed by atoms with van der Waals surface area (Å²) in [5.74, 6) is 0.718. The van der Waals surface area contributed by atoms with Gasteiger partial charge in [0.2, 0.25) is 5.91 Å². The number of piperidine rings is 1. The third kappa shape index (κ3) is 4.05. The molecule has 2 fully saturated rings. The number of likely N-dealkylation sites (tertiary alicyclic amines) is 1. The van der Waals surface area contributed by atoms with Gasteiger partial charge in [0.25, 0.3) is 0 Å². The average Bonchev–Trinajstić information content (AvgIpc) is 3.22. The number of carbonyl (C=O) groups excluding carboxylic acids is 1. The van der Waals surface area contributed by atoms with E-state index < -0.39 is 0 Å². The number of pyridine rings is 1. The van der Waals surface area contributed by atoms with Crippen molar-refractivity contribution in [3.05, 3.63) is 42.1 Å². The molecule has 5 nitrogen and oxygen atoms in total. The molecular formula is C21H28N4O. The Bertz CT molecular complexity index is 751. The van der Waals surface area contributed by atoms with Crippen LogP contribution in [0.1, 0.15) is 31.2 Å².